The van der Waals surface area contributed by atoms with Crippen LogP contribution in [0.25, 0.3) is 151 Å². The highest BCUT2D eigenvalue weighted by Crippen LogP contribution is 2.65. The Morgan fingerprint density at radius 3 is 1.15 bits per heavy atom. The third kappa shape index (κ3) is 1.16. The first-order chi connectivity index (χ1) is 19.9. The minimum Gasteiger partial charge on any atom is -0.256 e. The predicted octanol–water partition coefficient (Wildman–Crippen LogP) is 11.0. The second kappa shape index (κ2) is 4.39. The van der Waals surface area contributed by atoms with Crippen molar-refractivity contribution in [2.24, 2.45) is 0 Å². The standard InChI is InChI=1S/C39H11N/c1-2-14-15-3-4-17-16-5-6-18-19-7-8-22-23-21-11-20-12(9-10-40-22)13(1)25-26(14)34-29(15)30(17)35-28(16)27(18)33(24(19)23)37-32(21)36(31(20)25)38(34)39(35)37/h1-11H. The van der Waals surface area contributed by atoms with Gasteiger partial charge in [0.05, 0.1) is 5.52 Å². The summed E-state index contributed by atoms with van der Waals surface area (Å²) < 4.78 is 0. The molecule has 0 saturated carbocycles. The monoisotopic (exact) mass is 493 g/mol. The average molecular weight is 494 g/mol. The molecule has 0 spiro atoms. The van der Waals surface area contributed by atoms with Crippen molar-refractivity contribution < 1.29 is 0 Å². The van der Waals surface area contributed by atoms with E-state index < -0.39 is 0 Å². The lowest BCUT2D eigenvalue weighted by Crippen LogP contribution is -1.84. The summed E-state index contributed by atoms with van der Waals surface area (Å²) in [7, 11) is 0. The van der Waals surface area contributed by atoms with Gasteiger partial charge in [-0.15, -0.1) is 0 Å². The highest BCUT2D eigenvalue weighted by molar-refractivity contribution is 6.67. The van der Waals surface area contributed by atoms with Crippen LogP contribution in [0.3, 0.4) is 0 Å². The fraction of sp³-hybridized carbons (Fsp3) is 0. The molecule has 0 fully saturated rings. The summed E-state index contributed by atoms with van der Waals surface area (Å²) in [6, 6.07) is 24.0. The SMILES string of the molecule is c1cc2c3ccc4c5ccc6c7ccc8c9ccc(n1)c1c%10cc2c2c3c4c3c5c6c4c7c8c(c91)c1c%10c2c3c41. The van der Waals surface area contributed by atoms with Gasteiger partial charge < -0.3 is 0 Å². The second-order valence-electron chi connectivity index (χ2n) is 12.8. The molecule has 0 aliphatic rings. The lowest BCUT2D eigenvalue weighted by atomic mass is 9.90. The Hall–Kier alpha value is -5.27. The molecule has 0 N–H and O–H groups in total. The summed E-state index contributed by atoms with van der Waals surface area (Å²) in [5, 5.41) is 39.4. The molecule has 1 aromatic heterocycles. The van der Waals surface area contributed by atoms with Crippen molar-refractivity contribution in [3.63, 3.8) is 0 Å². The van der Waals surface area contributed by atoms with E-state index in [1.165, 1.54) is 145 Å². The maximum atomic E-state index is 5.16. The van der Waals surface area contributed by atoms with Crippen molar-refractivity contribution in [2.75, 3.05) is 0 Å². The van der Waals surface area contributed by atoms with E-state index in [1.54, 1.807) is 0 Å². The average Bonchev–Trinajstić information content (AvgIpc) is 3.75. The third-order valence-corrected chi connectivity index (χ3v) is 11.8. The number of aromatic nitrogens is 1. The van der Waals surface area contributed by atoms with Gasteiger partial charge in [0.25, 0.3) is 0 Å². The lowest BCUT2D eigenvalue weighted by Gasteiger charge is -2.12. The van der Waals surface area contributed by atoms with E-state index in [0.717, 1.165) is 5.52 Å². The van der Waals surface area contributed by atoms with Crippen LogP contribution >= 0.6 is 0 Å². The van der Waals surface area contributed by atoms with Crippen LogP contribution in [0.2, 0.25) is 0 Å². The normalized spacial score (nSPS) is 15.0. The van der Waals surface area contributed by atoms with E-state index in [0.29, 0.717) is 0 Å². The van der Waals surface area contributed by atoms with Gasteiger partial charge in [-0.2, -0.15) is 0 Å². The van der Waals surface area contributed by atoms with E-state index in [1.807, 2.05) is 0 Å². The van der Waals surface area contributed by atoms with E-state index in [9.17, 15) is 0 Å². The topological polar surface area (TPSA) is 12.9 Å². The second-order valence-corrected chi connectivity index (χ2v) is 12.8. The number of hydrogen-bond acceptors (Lipinski definition) is 1. The molecule has 0 saturated heterocycles. The molecule has 0 amide bonds. The number of fused-ring (bicyclic) bond motifs is 4. The number of benzene rings is 9. The maximum absolute atomic E-state index is 5.16. The minimum atomic E-state index is 1.10. The van der Waals surface area contributed by atoms with Crippen LogP contribution in [-0.4, -0.2) is 4.98 Å². The molecule has 1 nitrogen and oxygen atoms in total. The van der Waals surface area contributed by atoms with Crippen molar-refractivity contribution in [3.8, 4) is 0 Å². The predicted molar refractivity (Wildman–Crippen MR) is 172 cm³/mol. The van der Waals surface area contributed by atoms with Gasteiger partial charge in [0, 0.05) is 22.4 Å². The van der Waals surface area contributed by atoms with Crippen LogP contribution in [0.5, 0.6) is 0 Å². The summed E-state index contributed by atoms with van der Waals surface area (Å²) in [5.74, 6) is 0. The molecule has 15 aromatic rings. The third-order valence-electron chi connectivity index (χ3n) is 11.8. The van der Waals surface area contributed by atoms with Crippen molar-refractivity contribution in [3.05, 3.63) is 66.9 Å². The summed E-state index contributed by atoms with van der Waals surface area (Å²) in [4.78, 5) is 5.16. The molecule has 172 valence electrons. The molecule has 0 radical (unpaired) electrons. The Balaban J connectivity index is 1.62. The van der Waals surface area contributed by atoms with E-state index in [4.69, 9.17) is 4.98 Å². The van der Waals surface area contributed by atoms with E-state index in [-0.39, 0.29) is 0 Å². The van der Waals surface area contributed by atoms with Gasteiger partial charge in [0.2, 0.25) is 0 Å². The van der Waals surface area contributed by atoms with Gasteiger partial charge in [-0.25, -0.2) is 0 Å². The first-order valence-electron chi connectivity index (χ1n) is 14.3. The molecular formula is C39H11N. The minimum absolute atomic E-state index is 1.10. The van der Waals surface area contributed by atoms with Gasteiger partial charge >= 0.3 is 0 Å². The Labute approximate surface area is 222 Å². The fourth-order valence-electron chi connectivity index (χ4n) is 10.8. The molecule has 15 rings (SSSR count). The first kappa shape index (κ1) is 16.6. The Morgan fingerprint density at radius 1 is 0.250 bits per heavy atom. The summed E-state index contributed by atoms with van der Waals surface area (Å²) in [6.07, 6.45) is 2.06. The molecule has 0 aliphatic carbocycles. The van der Waals surface area contributed by atoms with Gasteiger partial charge in [-0.3, -0.25) is 4.98 Å². The van der Waals surface area contributed by atoms with Gasteiger partial charge in [0.15, 0.2) is 0 Å². The first-order valence-corrected chi connectivity index (χ1v) is 14.3. The van der Waals surface area contributed by atoms with Crippen molar-refractivity contribution >= 4 is 151 Å². The number of rotatable bonds is 0. The Bertz CT molecular complexity index is 3420. The fourth-order valence-corrected chi connectivity index (χ4v) is 10.8. The highest BCUT2D eigenvalue weighted by Gasteiger charge is 2.36. The molecule has 0 atom stereocenters. The molecular weight excluding hydrogens is 482 g/mol. The zero-order valence-corrected chi connectivity index (χ0v) is 20.8. The van der Waals surface area contributed by atoms with Gasteiger partial charge in [-0.1, -0.05) is 42.5 Å². The Morgan fingerprint density at radius 2 is 0.600 bits per heavy atom. The molecule has 2 bridgehead atoms. The van der Waals surface area contributed by atoms with E-state index in [2.05, 4.69) is 66.9 Å². The summed E-state index contributed by atoms with van der Waals surface area (Å²) in [5.41, 5.74) is 1.10. The highest BCUT2D eigenvalue weighted by atomic mass is 14.6. The van der Waals surface area contributed by atoms with Crippen LogP contribution in [0.1, 0.15) is 0 Å². The largest absolute Gasteiger partial charge is 0.256 e. The van der Waals surface area contributed by atoms with Crippen molar-refractivity contribution in [2.45, 2.75) is 0 Å². The Kier molecular flexibility index (Phi) is 1.83. The zero-order valence-electron chi connectivity index (χ0n) is 20.8. The lowest BCUT2D eigenvalue weighted by molar-refractivity contribution is 1.45. The maximum Gasteiger partial charge on any atom is 0.0714 e. The zero-order chi connectivity index (χ0) is 24.7. The molecule has 40 heavy (non-hydrogen) atoms. The van der Waals surface area contributed by atoms with E-state index >= 15 is 0 Å². The molecule has 1 heteroatoms. The summed E-state index contributed by atoms with van der Waals surface area (Å²) in [6.45, 7) is 0. The molecule has 0 unspecified atom stereocenters. The smallest absolute Gasteiger partial charge is 0.0714 e. The van der Waals surface area contributed by atoms with Crippen LogP contribution in [-0.2, 0) is 0 Å². The molecule has 14 aromatic carbocycles. The number of hydrogen-bond donors (Lipinski definition) is 0. The molecule has 1 heterocycles. The summed E-state index contributed by atoms with van der Waals surface area (Å²) >= 11 is 0. The molecule has 0 aliphatic heterocycles. The van der Waals surface area contributed by atoms with Crippen molar-refractivity contribution in [1.82, 2.24) is 4.98 Å². The van der Waals surface area contributed by atoms with Gasteiger partial charge in [-0.05, 0) is 147 Å². The van der Waals surface area contributed by atoms with Gasteiger partial charge in [0.1, 0.15) is 0 Å². The van der Waals surface area contributed by atoms with Crippen LogP contribution in [0.15, 0.2) is 66.9 Å². The van der Waals surface area contributed by atoms with Crippen LogP contribution < -0.4 is 0 Å². The van der Waals surface area contributed by atoms with Crippen LogP contribution in [0.4, 0.5) is 0 Å². The van der Waals surface area contributed by atoms with Crippen molar-refractivity contribution in [1.29, 1.82) is 0 Å². The quantitative estimate of drug-likeness (QED) is 0.191. The number of nitrogens with zero attached hydrogens (tertiary/aromatic N) is 1. The van der Waals surface area contributed by atoms with Crippen LogP contribution in [0, 0.1) is 0 Å².